The van der Waals surface area contributed by atoms with Crippen molar-refractivity contribution >= 4 is 74.4 Å². The second kappa shape index (κ2) is 33.6. The maximum absolute atomic E-state index is 13.3. The van der Waals surface area contributed by atoms with Gasteiger partial charge in [0, 0.05) is 5.69 Å². The third-order valence-electron chi connectivity index (χ3n) is 17.2. The summed E-state index contributed by atoms with van der Waals surface area (Å²) in [5.74, 6) is 0. The molecule has 8 rings (SSSR count). The quantitative estimate of drug-likeness (QED) is 0.0689. The average molecular weight is 1600 g/mol. The Morgan fingerprint density at radius 2 is 0.589 bits per heavy atom. The number of halogens is 13. The van der Waals surface area contributed by atoms with Gasteiger partial charge in [0.05, 0.1) is 63.9 Å². The SMILES string of the molecule is CCc1cccc(CC)c1S(=O)(=O)Nc1cc(C)cc(C(F)(F)F)c1.CCc1cccc(CC)c1S(=O)(=O)Nc1cc(C)cc(C(F)(F)F)c1C.Cc1cc(NS(=O)(=O)c2c(C)cc(C(C)(C)C)cc2C)c(C)c(C(F)(F)F)c1.Cc1cc(NS(=O)(=O)c2c(C)cc(C(C)(C)C)cc2C)c(Cl)c(C(F)(F)F)c1. The number of rotatable bonds is 16. The van der Waals surface area contributed by atoms with Crippen molar-refractivity contribution in [2.24, 2.45) is 0 Å². The molecule has 8 aromatic carbocycles. The van der Waals surface area contributed by atoms with Crippen LogP contribution < -0.4 is 18.9 Å². The molecule has 0 aliphatic rings. The van der Waals surface area contributed by atoms with E-state index in [0.29, 0.717) is 86.9 Å². The standard InChI is InChI=1S/C21H26F3NO2S.C20H23ClF3NO2S.C19H22F3NO2S.C18H20F3NO2S/c1-12-8-17(21(22,23)24)15(4)18(9-12)25-28(26,27)19-13(2)10-16(11-14(19)3)20(5,6)7;1-11-7-15(20(22,23)24)17(21)16(8-11)25-28(26,27)18-12(2)9-14(10-13(18)3)19(4,5)6;1-5-14-8-7-9-15(6-2)18(14)26(24,25)23-17-11-12(3)10-16(13(17)4)19(20,21)22;1-4-13-7-6-8-14(5-2)17(13)25(23,24)22-16-10-12(3)9-15(11-16)18(19,20)21/h8-11,25H,1-7H3;7-10,25H,1-6H3;7-11,23H,5-6H2,1-4H3;6-11,22H,4-5H2,1-3H3. The number of anilines is 4. The van der Waals surface area contributed by atoms with Gasteiger partial charge in [0.15, 0.2) is 0 Å². The Morgan fingerprint density at radius 1 is 0.318 bits per heavy atom. The third kappa shape index (κ3) is 22.7. The Hall–Kier alpha value is -7.79. The van der Waals surface area contributed by atoms with E-state index in [-0.39, 0.29) is 69.9 Å². The molecular formula is C78H91ClF12N4O8S4. The van der Waals surface area contributed by atoms with Crippen molar-refractivity contribution in [3.63, 3.8) is 0 Å². The lowest BCUT2D eigenvalue weighted by molar-refractivity contribution is -0.138. The van der Waals surface area contributed by atoms with Crippen molar-refractivity contribution < 1.29 is 86.4 Å². The van der Waals surface area contributed by atoms with Crippen molar-refractivity contribution in [1.82, 2.24) is 0 Å². The minimum absolute atomic E-state index is 0.0339. The van der Waals surface area contributed by atoms with Gasteiger partial charge in [-0.05, 0) is 249 Å². The lowest BCUT2D eigenvalue weighted by Crippen LogP contribution is -2.19. The summed E-state index contributed by atoms with van der Waals surface area (Å²) >= 11 is 5.88. The first-order valence-corrected chi connectivity index (χ1v) is 40.0. The van der Waals surface area contributed by atoms with E-state index in [1.54, 1.807) is 76.2 Å². The molecule has 107 heavy (non-hydrogen) atoms. The smallest absolute Gasteiger partial charge is 0.280 e. The second-order valence-corrected chi connectivity index (χ2v) is 35.1. The van der Waals surface area contributed by atoms with Gasteiger partial charge in [-0.15, -0.1) is 0 Å². The van der Waals surface area contributed by atoms with Crippen LogP contribution in [0.2, 0.25) is 5.02 Å². The summed E-state index contributed by atoms with van der Waals surface area (Å²) in [5.41, 5.74) is 3.09. The summed E-state index contributed by atoms with van der Waals surface area (Å²) in [6.07, 6.45) is -16.3. The normalized spacial score (nSPS) is 12.6. The van der Waals surface area contributed by atoms with Crippen LogP contribution in [0.25, 0.3) is 0 Å². The van der Waals surface area contributed by atoms with Crippen LogP contribution in [0, 0.1) is 69.2 Å². The molecule has 0 bridgehead atoms. The minimum Gasteiger partial charge on any atom is -0.280 e. The topological polar surface area (TPSA) is 185 Å². The monoisotopic (exact) mass is 1600 g/mol. The highest BCUT2D eigenvalue weighted by atomic mass is 35.5. The van der Waals surface area contributed by atoms with Gasteiger partial charge in [0.25, 0.3) is 40.1 Å². The molecule has 0 heterocycles. The van der Waals surface area contributed by atoms with Gasteiger partial charge in [0.2, 0.25) is 0 Å². The van der Waals surface area contributed by atoms with Gasteiger partial charge in [-0.25, -0.2) is 33.7 Å². The molecule has 0 spiro atoms. The number of alkyl halides is 12. The number of nitrogens with one attached hydrogen (secondary N) is 4. The summed E-state index contributed by atoms with van der Waals surface area (Å²) in [6, 6.07) is 27.8. The summed E-state index contributed by atoms with van der Waals surface area (Å²) in [4.78, 5) is 0.427. The van der Waals surface area contributed by atoms with E-state index in [0.717, 1.165) is 41.5 Å². The highest BCUT2D eigenvalue weighted by Crippen LogP contribution is 2.43. The Morgan fingerprint density at radius 3 is 0.879 bits per heavy atom. The van der Waals surface area contributed by atoms with Gasteiger partial charge in [0.1, 0.15) is 0 Å². The molecule has 0 atom stereocenters. The first-order valence-electron chi connectivity index (χ1n) is 33.7. The number of hydrogen-bond acceptors (Lipinski definition) is 8. The summed E-state index contributed by atoms with van der Waals surface area (Å²) in [5, 5.41) is -0.678. The Balaban J connectivity index is 0.000000256. The van der Waals surface area contributed by atoms with Gasteiger partial charge >= 0.3 is 24.7 Å². The first-order chi connectivity index (χ1) is 48.7. The highest BCUT2D eigenvalue weighted by molar-refractivity contribution is 7.93. The van der Waals surface area contributed by atoms with Gasteiger partial charge in [-0.1, -0.05) is 142 Å². The Labute approximate surface area is 626 Å². The zero-order valence-corrected chi connectivity index (χ0v) is 67.1. The largest absolute Gasteiger partial charge is 0.417 e. The Kier molecular flexibility index (Phi) is 28.2. The van der Waals surface area contributed by atoms with E-state index in [9.17, 15) is 86.4 Å². The van der Waals surface area contributed by atoms with Crippen molar-refractivity contribution in [2.45, 2.75) is 219 Å². The molecular weight excluding hydrogens is 1510 g/mol. The number of benzene rings is 8. The molecule has 0 aliphatic carbocycles. The van der Waals surface area contributed by atoms with Crippen LogP contribution in [0.3, 0.4) is 0 Å². The fourth-order valence-corrected chi connectivity index (χ4v) is 18.8. The fourth-order valence-electron chi connectivity index (χ4n) is 12.1. The van der Waals surface area contributed by atoms with E-state index in [1.807, 2.05) is 81.4 Å². The maximum atomic E-state index is 13.3. The second-order valence-electron chi connectivity index (χ2n) is 28.2. The van der Waals surface area contributed by atoms with Crippen LogP contribution in [0.15, 0.2) is 135 Å². The van der Waals surface area contributed by atoms with E-state index in [1.165, 1.54) is 65.8 Å². The molecule has 4 N–H and O–H groups in total. The maximum Gasteiger partial charge on any atom is 0.417 e. The third-order valence-corrected chi connectivity index (χ3v) is 24.1. The van der Waals surface area contributed by atoms with Crippen LogP contribution in [0.4, 0.5) is 75.4 Å². The van der Waals surface area contributed by atoms with Crippen LogP contribution in [0.5, 0.6) is 0 Å². The first kappa shape index (κ1) is 89.8. The number of sulfonamides is 4. The van der Waals surface area contributed by atoms with Crippen molar-refractivity contribution in [2.75, 3.05) is 18.9 Å². The zero-order valence-electron chi connectivity index (χ0n) is 63.1. The van der Waals surface area contributed by atoms with Crippen molar-refractivity contribution in [3.8, 4) is 0 Å². The molecule has 8 aromatic rings. The van der Waals surface area contributed by atoms with Gasteiger partial charge in [-0.2, -0.15) is 52.7 Å². The molecule has 0 saturated carbocycles. The molecule has 0 saturated heterocycles. The highest BCUT2D eigenvalue weighted by Gasteiger charge is 2.39. The average Bonchev–Trinajstić information content (AvgIpc) is 0.872. The molecule has 586 valence electrons. The molecule has 0 unspecified atom stereocenters. The van der Waals surface area contributed by atoms with Crippen molar-refractivity contribution in [3.05, 3.63) is 232 Å². The molecule has 0 amide bonds. The van der Waals surface area contributed by atoms with Gasteiger partial charge in [-0.3, -0.25) is 18.9 Å². The Bertz CT molecular complexity index is 4840. The molecule has 0 fully saturated rings. The van der Waals surface area contributed by atoms with E-state index in [4.69, 9.17) is 11.6 Å². The summed E-state index contributed by atoms with van der Waals surface area (Å²) < 4.78 is 271. The molecule has 29 heteroatoms. The van der Waals surface area contributed by atoms with Crippen LogP contribution >= 0.6 is 11.6 Å². The minimum atomic E-state index is -4.69. The zero-order chi connectivity index (χ0) is 81.8. The number of hydrogen-bond donors (Lipinski definition) is 4. The lowest BCUT2D eigenvalue weighted by atomic mass is 9.85. The van der Waals surface area contributed by atoms with E-state index in [2.05, 4.69) is 18.9 Å². The van der Waals surface area contributed by atoms with E-state index >= 15 is 0 Å². The predicted molar refractivity (Wildman–Crippen MR) is 402 cm³/mol. The van der Waals surface area contributed by atoms with Crippen LogP contribution in [0.1, 0.15) is 181 Å². The fraction of sp³-hybridized carbons (Fsp3) is 0.385. The molecule has 0 aromatic heterocycles. The van der Waals surface area contributed by atoms with Crippen LogP contribution in [-0.2, 0) is 101 Å². The molecule has 0 aliphatic heterocycles. The molecule has 0 radical (unpaired) electrons. The van der Waals surface area contributed by atoms with Crippen LogP contribution in [-0.4, -0.2) is 33.7 Å². The summed E-state index contributed by atoms with van der Waals surface area (Å²) in [7, 11) is -16.2. The number of aryl methyl sites for hydroxylation is 12. The predicted octanol–water partition coefficient (Wildman–Crippen LogP) is 22.6. The lowest BCUT2D eigenvalue weighted by Gasteiger charge is -2.23. The molecule has 12 nitrogen and oxygen atoms in total. The van der Waals surface area contributed by atoms with E-state index < -0.39 is 92.1 Å². The summed E-state index contributed by atoms with van der Waals surface area (Å²) in [6.45, 7) is 34.7. The van der Waals surface area contributed by atoms with Crippen molar-refractivity contribution in [1.29, 1.82) is 0 Å². The van der Waals surface area contributed by atoms with Gasteiger partial charge < -0.3 is 0 Å².